The zero-order chi connectivity index (χ0) is 13.7. The Bertz CT molecular complexity index is 401. The van der Waals surface area contributed by atoms with Gasteiger partial charge in [-0.25, -0.2) is 0 Å². The highest BCUT2D eigenvalue weighted by Crippen LogP contribution is 2.33. The largest absolute Gasteiger partial charge is 0.381 e. The van der Waals surface area contributed by atoms with Gasteiger partial charge in [0.15, 0.2) is 0 Å². The maximum atomic E-state index is 5.51. The summed E-state index contributed by atoms with van der Waals surface area (Å²) < 4.78 is 5.51. The molecule has 0 unspecified atom stereocenters. The molecule has 19 heavy (non-hydrogen) atoms. The molecule has 1 fully saturated rings. The van der Waals surface area contributed by atoms with E-state index in [1.165, 1.54) is 11.1 Å². The highest BCUT2D eigenvalue weighted by atomic mass is 79.9. The van der Waals surface area contributed by atoms with E-state index in [-0.39, 0.29) is 0 Å². The van der Waals surface area contributed by atoms with Crippen LogP contribution < -0.4 is 0 Å². The van der Waals surface area contributed by atoms with E-state index < -0.39 is 0 Å². The van der Waals surface area contributed by atoms with Gasteiger partial charge in [-0.05, 0) is 43.4 Å². The molecule has 0 spiro atoms. The first-order valence-electron chi connectivity index (χ1n) is 7.02. The van der Waals surface area contributed by atoms with Crippen molar-refractivity contribution in [2.24, 2.45) is 5.41 Å². The molecule has 1 aromatic rings. The molecule has 1 aliphatic heterocycles. The molecule has 0 atom stereocenters. The zero-order valence-electron chi connectivity index (χ0n) is 12.0. The summed E-state index contributed by atoms with van der Waals surface area (Å²) in [6, 6.07) is 8.66. The topological polar surface area (TPSA) is 12.5 Å². The summed E-state index contributed by atoms with van der Waals surface area (Å²) in [5.74, 6) is 0. The summed E-state index contributed by atoms with van der Waals surface area (Å²) in [5.41, 5.74) is 3.20. The van der Waals surface area contributed by atoms with Crippen LogP contribution in [0.25, 0.3) is 0 Å². The molecular formula is C16H24BrNO. The number of alkyl halides is 1. The molecule has 0 N–H and O–H groups in total. The molecule has 106 valence electrons. The summed E-state index contributed by atoms with van der Waals surface area (Å²) in [6.45, 7) is 6.17. The monoisotopic (exact) mass is 325 g/mol. The Labute approximate surface area is 125 Å². The summed E-state index contributed by atoms with van der Waals surface area (Å²) in [4.78, 5) is 2.45. The number of nitrogens with zero attached hydrogens (tertiary/aromatic N) is 1. The Morgan fingerprint density at radius 2 is 1.95 bits per heavy atom. The Kier molecular flexibility index (Phi) is 5.43. The van der Waals surface area contributed by atoms with Crippen LogP contribution >= 0.6 is 15.9 Å². The maximum Gasteiger partial charge on any atom is 0.0472 e. The predicted octanol–water partition coefficient (Wildman–Crippen LogP) is 3.62. The molecule has 1 heterocycles. The van der Waals surface area contributed by atoms with Crippen LogP contribution in [-0.4, -0.2) is 37.0 Å². The Morgan fingerprint density at radius 3 is 2.58 bits per heavy atom. The summed E-state index contributed by atoms with van der Waals surface area (Å²) in [6.07, 6.45) is 2.33. The molecule has 0 bridgehead atoms. The standard InChI is InChI=1S/C16H24BrNO/c1-14-5-3-4-6-15(14)11-18(2)13-16(12-17)7-9-19-10-8-16/h3-6H,7-13H2,1-2H3. The SMILES string of the molecule is Cc1ccccc1CN(C)CC1(CBr)CCOCC1. The van der Waals surface area contributed by atoms with E-state index in [0.29, 0.717) is 5.41 Å². The molecule has 0 aliphatic carbocycles. The van der Waals surface area contributed by atoms with Gasteiger partial charge in [-0.15, -0.1) is 0 Å². The van der Waals surface area contributed by atoms with E-state index in [2.05, 4.69) is 59.1 Å². The van der Waals surface area contributed by atoms with E-state index in [0.717, 1.165) is 44.5 Å². The molecule has 0 aromatic heterocycles. The fourth-order valence-electron chi connectivity index (χ4n) is 2.85. The van der Waals surface area contributed by atoms with E-state index >= 15 is 0 Å². The van der Waals surface area contributed by atoms with Crippen molar-refractivity contribution in [2.45, 2.75) is 26.3 Å². The third-order valence-corrected chi connectivity index (χ3v) is 5.33. The van der Waals surface area contributed by atoms with Crippen molar-refractivity contribution in [3.8, 4) is 0 Å². The Morgan fingerprint density at radius 1 is 1.26 bits per heavy atom. The normalized spacial score (nSPS) is 18.7. The number of rotatable bonds is 5. The summed E-state index contributed by atoms with van der Waals surface area (Å²) >= 11 is 3.71. The van der Waals surface area contributed by atoms with Gasteiger partial charge in [0.1, 0.15) is 0 Å². The van der Waals surface area contributed by atoms with Gasteiger partial charge in [0, 0.05) is 31.6 Å². The second-order valence-electron chi connectivity index (χ2n) is 5.84. The van der Waals surface area contributed by atoms with Crippen molar-refractivity contribution >= 4 is 15.9 Å². The molecule has 3 heteroatoms. The van der Waals surface area contributed by atoms with Crippen molar-refractivity contribution in [1.29, 1.82) is 0 Å². The van der Waals surface area contributed by atoms with Gasteiger partial charge in [-0.1, -0.05) is 40.2 Å². The molecule has 0 radical (unpaired) electrons. The van der Waals surface area contributed by atoms with Crippen LogP contribution in [0.3, 0.4) is 0 Å². The lowest BCUT2D eigenvalue weighted by Gasteiger charge is -2.38. The molecule has 0 amide bonds. The van der Waals surface area contributed by atoms with Gasteiger partial charge in [-0.3, -0.25) is 0 Å². The summed E-state index contributed by atoms with van der Waals surface area (Å²) in [5, 5.41) is 1.07. The number of ether oxygens (including phenoxy) is 1. The van der Waals surface area contributed by atoms with Crippen LogP contribution in [0.4, 0.5) is 0 Å². The first-order valence-corrected chi connectivity index (χ1v) is 8.14. The Balaban J connectivity index is 1.96. The van der Waals surface area contributed by atoms with Gasteiger partial charge >= 0.3 is 0 Å². The van der Waals surface area contributed by atoms with Crippen LogP contribution in [0.1, 0.15) is 24.0 Å². The van der Waals surface area contributed by atoms with Crippen molar-refractivity contribution in [2.75, 3.05) is 32.1 Å². The average Bonchev–Trinajstić information content (AvgIpc) is 2.42. The Hall–Kier alpha value is -0.380. The van der Waals surface area contributed by atoms with Crippen molar-refractivity contribution in [3.05, 3.63) is 35.4 Å². The van der Waals surface area contributed by atoms with Crippen LogP contribution in [0.5, 0.6) is 0 Å². The predicted molar refractivity (Wildman–Crippen MR) is 83.8 cm³/mol. The third-order valence-electron chi connectivity index (χ3n) is 4.14. The van der Waals surface area contributed by atoms with E-state index in [1.807, 2.05) is 0 Å². The number of hydrogen-bond acceptors (Lipinski definition) is 2. The van der Waals surface area contributed by atoms with Crippen LogP contribution in [0.2, 0.25) is 0 Å². The lowest BCUT2D eigenvalue weighted by molar-refractivity contribution is 0.0109. The first kappa shape index (κ1) is 15.0. The molecule has 2 rings (SSSR count). The fraction of sp³-hybridized carbons (Fsp3) is 0.625. The third kappa shape index (κ3) is 4.04. The van der Waals surface area contributed by atoms with Crippen molar-refractivity contribution < 1.29 is 4.74 Å². The van der Waals surface area contributed by atoms with Crippen LogP contribution in [0.15, 0.2) is 24.3 Å². The van der Waals surface area contributed by atoms with Crippen molar-refractivity contribution in [1.82, 2.24) is 4.90 Å². The van der Waals surface area contributed by atoms with Crippen LogP contribution in [-0.2, 0) is 11.3 Å². The van der Waals surface area contributed by atoms with Crippen molar-refractivity contribution in [3.63, 3.8) is 0 Å². The zero-order valence-corrected chi connectivity index (χ0v) is 13.6. The molecule has 0 saturated carbocycles. The van der Waals surface area contributed by atoms with Gasteiger partial charge in [0.05, 0.1) is 0 Å². The fourth-order valence-corrected chi connectivity index (χ4v) is 3.58. The van der Waals surface area contributed by atoms with E-state index in [4.69, 9.17) is 4.74 Å². The highest BCUT2D eigenvalue weighted by Gasteiger charge is 2.32. The number of aryl methyl sites for hydroxylation is 1. The lowest BCUT2D eigenvalue weighted by atomic mass is 9.82. The highest BCUT2D eigenvalue weighted by molar-refractivity contribution is 9.09. The summed E-state index contributed by atoms with van der Waals surface area (Å²) in [7, 11) is 2.23. The van der Waals surface area contributed by atoms with E-state index in [9.17, 15) is 0 Å². The van der Waals surface area contributed by atoms with Gasteiger partial charge in [-0.2, -0.15) is 0 Å². The maximum absolute atomic E-state index is 5.51. The van der Waals surface area contributed by atoms with Crippen LogP contribution in [0, 0.1) is 12.3 Å². The minimum absolute atomic E-state index is 0.385. The first-order chi connectivity index (χ1) is 9.15. The molecule has 2 nitrogen and oxygen atoms in total. The second-order valence-corrected chi connectivity index (χ2v) is 6.41. The van der Waals surface area contributed by atoms with Gasteiger partial charge in [0.25, 0.3) is 0 Å². The second kappa shape index (κ2) is 6.87. The molecule has 1 aromatic carbocycles. The smallest absolute Gasteiger partial charge is 0.0472 e. The number of benzene rings is 1. The minimum Gasteiger partial charge on any atom is -0.381 e. The molecule has 1 aliphatic rings. The lowest BCUT2D eigenvalue weighted by Crippen LogP contribution is -2.41. The average molecular weight is 326 g/mol. The minimum atomic E-state index is 0.385. The molecule has 1 saturated heterocycles. The number of halogens is 1. The van der Waals surface area contributed by atoms with Gasteiger partial charge in [0.2, 0.25) is 0 Å². The quantitative estimate of drug-likeness (QED) is 0.767. The van der Waals surface area contributed by atoms with E-state index in [1.54, 1.807) is 0 Å². The number of hydrogen-bond donors (Lipinski definition) is 0. The van der Waals surface area contributed by atoms with Gasteiger partial charge < -0.3 is 9.64 Å². The molecular weight excluding hydrogens is 302 g/mol.